The van der Waals surface area contributed by atoms with Crippen molar-refractivity contribution in [1.29, 1.82) is 0 Å². The molecule has 1 atom stereocenters. The number of pyridine rings is 1. The monoisotopic (exact) mass is 288 g/mol. The normalized spacial score (nSPS) is 16.8. The van der Waals surface area contributed by atoms with Crippen molar-refractivity contribution in [3.8, 4) is 11.6 Å². The van der Waals surface area contributed by atoms with Gasteiger partial charge in [0.2, 0.25) is 5.88 Å². The zero-order valence-corrected chi connectivity index (χ0v) is 12.0. The molecule has 0 spiro atoms. The first-order valence-electron chi connectivity index (χ1n) is 6.88. The quantitative estimate of drug-likeness (QED) is 0.940. The Kier molecular flexibility index (Phi) is 3.64. The van der Waals surface area contributed by atoms with Gasteiger partial charge in [-0.1, -0.05) is 0 Å². The standard InChI is InChI=1S/C16H17FN2O2/c1-18-12-7-10-3-5-14(21-16(10)13(17)8-12)11-4-6-15(20-2)19-9-11/h4,6-9,14,18H,3,5H2,1-2H3. The number of benzene rings is 1. The summed E-state index contributed by atoms with van der Waals surface area (Å²) in [6, 6.07) is 7.07. The number of aryl methyl sites for hydroxylation is 1. The molecule has 4 nitrogen and oxygen atoms in total. The Labute approximate surface area is 122 Å². The molecule has 1 aromatic carbocycles. The van der Waals surface area contributed by atoms with Gasteiger partial charge in [0.15, 0.2) is 11.6 Å². The number of rotatable bonds is 3. The van der Waals surface area contributed by atoms with Crippen LogP contribution in [-0.4, -0.2) is 19.1 Å². The van der Waals surface area contributed by atoms with Crippen LogP contribution in [0.5, 0.6) is 11.6 Å². The third-order valence-corrected chi connectivity index (χ3v) is 3.69. The SMILES string of the molecule is CNc1cc(F)c2c(c1)CCC(c1ccc(OC)nc1)O2. The summed E-state index contributed by atoms with van der Waals surface area (Å²) in [7, 11) is 3.35. The van der Waals surface area contributed by atoms with Crippen molar-refractivity contribution in [2.75, 3.05) is 19.5 Å². The van der Waals surface area contributed by atoms with E-state index in [1.165, 1.54) is 6.07 Å². The lowest BCUT2D eigenvalue weighted by Crippen LogP contribution is -2.16. The summed E-state index contributed by atoms with van der Waals surface area (Å²) < 4.78 is 25.0. The molecule has 2 heterocycles. The molecule has 1 aliphatic rings. The van der Waals surface area contributed by atoms with Crippen molar-refractivity contribution in [3.63, 3.8) is 0 Å². The van der Waals surface area contributed by atoms with Crippen LogP contribution >= 0.6 is 0 Å². The molecule has 2 aromatic rings. The maximum Gasteiger partial charge on any atom is 0.212 e. The highest BCUT2D eigenvalue weighted by Gasteiger charge is 2.25. The van der Waals surface area contributed by atoms with E-state index in [1.807, 2.05) is 12.1 Å². The number of methoxy groups -OCH3 is 1. The van der Waals surface area contributed by atoms with E-state index >= 15 is 0 Å². The van der Waals surface area contributed by atoms with Crippen molar-refractivity contribution in [1.82, 2.24) is 4.98 Å². The summed E-state index contributed by atoms with van der Waals surface area (Å²) in [4.78, 5) is 4.17. The average molecular weight is 288 g/mol. The van der Waals surface area contributed by atoms with Gasteiger partial charge in [-0.3, -0.25) is 0 Å². The van der Waals surface area contributed by atoms with E-state index < -0.39 is 0 Å². The minimum absolute atomic E-state index is 0.175. The van der Waals surface area contributed by atoms with Crippen LogP contribution < -0.4 is 14.8 Å². The van der Waals surface area contributed by atoms with Crippen LogP contribution in [-0.2, 0) is 6.42 Å². The number of hydrogen-bond acceptors (Lipinski definition) is 4. The first kappa shape index (κ1) is 13.7. The zero-order chi connectivity index (χ0) is 14.8. The number of nitrogens with zero attached hydrogens (tertiary/aromatic N) is 1. The molecular formula is C16H17FN2O2. The summed E-state index contributed by atoms with van der Waals surface area (Å²) in [5.41, 5.74) is 2.59. The Balaban J connectivity index is 1.86. The summed E-state index contributed by atoms with van der Waals surface area (Å²) in [5, 5.41) is 2.95. The molecule has 1 aromatic heterocycles. The van der Waals surface area contributed by atoms with E-state index in [2.05, 4.69) is 10.3 Å². The number of fused-ring (bicyclic) bond motifs is 1. The maximum absolute atomic E-state index is 14.1. The third-order valence-electron chi connectivity index (χ3n) is 3.69. The van der Waals surface area contributed by atoms with Gasteiger partial charge in [-0.05, 0) is 30.5 Å². The highest BCUT2D eigenvalue weighted by Crippen LogP contribution is 2.38. The topological polar surface area (TPSA) is 43.4 Å². The van der Waals surface area contributed by atoms with Gasteiger partial charge in [0, 0.05) is 36.6 Å². The van der Waals surface area contributed by atoms with E-state index in [-0.39, 0.29) is 11.9 Å². The van der Waals surface area contributed by atoms with Crippen molar-refractivity contribution in [3.05, 3.63) is 47.4 Å². The Bertz CT molecular complexity index is 643. The molecule has 1 unspecified atom stereocenters. The Hall–Kier alpha value is -2.30. The molecule has 110 valence electrons. The van der Waals surface area contributed by atoms with Gasteiger partial charge in [0.1, 0.15) is 6.10 Å². The van der Waals surface area contributed by atoms with Gasteiger partial charge in [-0.25, -0.2) is 9.37 Å². The summed E-state index contributed by atoms with van der Waals surface area (Å²) in [5.74, 6) is 0.573. The van der Waals surface area contributed by atoms with Gasteiger partial charge >= 0.3 is 0 Å². The van der Waals surface area contributed by atoms with Gasteiger partial charge in [0.05, 0.1) is 7.11 Å². The van der Waals surface area contributed by atoms with Crippen molar-refractivity contribution < 1.29 is 13.9 Å². The Morgan fingerprint density at radius 2 is 2.24 bits per heavy atom. The fourth-order valence-corrected chi connectivity index (χ4v) is 2.54. The van der Waals surface area contributed by atoms with Crippen LogP contribution in [0.1, 0.15) is 23.7 Å². The maximum atomic E-state index is 14.1. The second-order valence-electron chi connectivity index (χ2n) is 4.98. The number of hydrogen-bond donors (Lipinski definition) is 1. The number of ether oxygens (including phenoxy) is 2. The number of halogens is 1. The van der Waals surface area contributed by atoms with E-state index in [4.69, 9.17) is 9.47 Å². The highest BCUT2D eigenvalue weighted by atomic mass is 19.1. The second-order valence-corrected chi connectivity index (χ2v) is 4.98. The number of nitrogens with one attached hydrogen (secondary N) is 1. The highest BCUT2D eigenvalue weighted by molar-refractivity contribution is 5.52. The minimum Gasteiger partial charge on any atom is -0.482 e. The first-order chi connectivity index (χ1) is 10.2. The molecule has 0 radical (unpaired) electrons. The van der Waals surface area contributed by atoms with Crippen LogP contribution in [0.4, 0.5) is 10.1 Å². The second kappa shape index (κ2) is 5.60. The molecule has 0 amide bonds. The molecule has 0 saturated carbocycles. The lowest BCUT2D eigenvalue weighted by molar-refractivity contribution is 0.167. The molecular weight excluding hydrogens is 271 g/mol. The lowest BCUT2D eigenvalue weighted by Gasteiger charge is -2.27. The molecule has 3 rings (SSSR count). The zero-order valence-electron chi connectivity index (χ0n) is 12.0. The largest absolute Gasteiger partial charge is 0.482 e. The molecule has 21 heavy (non-hydrogen) atoms. The van der Waals surface area contributed by atoms with Gasteiger partial charge in [-0.15, -0.1) is 0 Å². The molecule has 0 aliphatic carbocycles. The van der Waals surface area contributed by atoms with Gasteiger partial charge < -0.3 is 14.8 Å². The molecule has 1 aliphatic heterocycles. The van der Waals surface area contributed by atoms with E-state index in [9.17, 15) is 4.39 Å². The predicted molar refractivity (Wildman–Crippen MR) is 78.4 cm³/mol. The van der Waals surface area contributed by atoms with Crippen molar-refractivity contribution >= 4 is 5.69 Å². The van der Waals surface area contributed by atoms with Crippen LogP contribution in [0.15, 0.2) is 30.5 Å². The van der Waals surface area contributed by atoms with Crippen LogP contribution in [0, 0.1) is 5.82 Å². The summed E-state index contributed by atoms with van der Waals surface area (Å²) in [6.07, 6.45) is 3.12. The molecule has 0 saturated heterocycles. The lowest BCUT2D eigenvalue weighted by atomic mass is 9.97. The van der Waals surface area contributed by atoms with Crippen LogP contribution in [0.3, 0.4) is 0 Å². The summed E-state index contributed by atoms with van der Waals surface area (Å²) in [6.45, 7) is 0. The van der Waals surface area contributed by atoms with Gasteiger partial charge in [0.25, 0.3) is 0 Å². The van der Waals surface area contributed by atoms with Crippen molar-refractivity contribution in [2.45, 2.75) is 18.9 Å². The van der Waals surface area contributed by atoms with Crippen LogP contribution in [0.25, 0.3) is 0 Å². The Morgan fingerprint density at radius 3 is 2.90 bits per heavy atom. The Morgan fingerprint density at radius 1 is 1.38 bits per heavy atom. The fraction of sp³-hybridized carbons (Fsp3) is 0.312. The van der Waals surface area contributed by atoms with Gasteiger partial charge in [-0.2, -0.15) is 0 Å². The molecule has 0 bridgehead atoms. The average Bonchev–Trinajstić information content (AvgIpc) is 2.54. The van der Waals surface area contributed by atoms with Crippen molar-refractivity contribution in [2.24, 2.45) is 0 Å². The molecule has 1 N–H and O–H groups in total. The minimum atomic E-state index is -0.331. The predicted octanol–water partition coefficient (Wildman–Crippen LogP) is 3.34. The molecule has 0 fully saturated rings. The fourth-order valence-electron chi connectivity index (χ4n) is 2.54. The molecule has 5 heteroatoms. The third kappa shape index (κ3) is 2.63. The number of aromatic nitrogens is 1. The smallest absolute Gasteiger partial charge is 0.212 e. The van der Waals surface area contributed by atoms with Crippen LogP contribution in [0.2, 0.25) is 0 Å². The number of anilines is 1. The van der Waals surface area contributed by atoms with E-state index in [0.29, 0.717) is 11.6 Å². The summed E-state index contributed by atoms with van der Waals surface area (Å²) >= 11 is 0. The first-order valence-corrected chi connectivity index (χ1v) is 6.88. The van der Waals surface area contributed by atoms with E-state index in [0.717, 1.165) is 29.7 Å². The van der Waals surface area contributed by atoms with E-state index in [1.54, 1.807) is 26.4 Å².